The second kappa shape index (κ2) is 5.43. The molecule has 0 saturated carbocycles. The van der Waals surface area contributed by atoms with E-state index in [1.807, 2.05) is 0 Å². The molecule has 0 amide bonds. The number of rotatable bonds is 5. The molecule has 1 unspecified atom stereocenters. The van der Waals surface area contributed by atoms with Crippen molar-refractivity contribution in [3.8, 4) is 5.75 Å². The molecule has 6 heteroatoms. The number of nitro groups is 1. The Morgan fingerprint density at radius 1 is 1.62 bits per heavy atom. The molecular formula is C10H14N2O4. The van der Waals surface area contributed by atoms with Crippen molar-refractivity contribution in [3.05, 3.63) is 33.9 Å². The number of nitrogens with zero attached hydrogens (tertiary/aromatic N) is 1. The molecule has 88 valence electrons. The third-order valence-electron chi connectivity index (χ3n) is 2.18. The van der Waals surface area contributed by atoms with Crippen molar-refractivity contribution in [1.29, 1.82) is 0 Å². The standard InChI is InChI=1S/C10H14N2O4/c1-11-6-9(13)7-3-4-10(16-2)8(5-7)12(14)15/h3-5,9,11,13H,6H2,1-2H3. The predicted octanol–water partition coefficient (Wildman–Crippen LogP) is 0.856. The van der Waals surface area contributed by atoms with Crippen molar-refractivity contribution in [2.45, 2.75) is 6.10 Å². The van der Waals surface area contributed by atoms with E-state index in [-0.39, 0.29) is 11.4 Å². The van der Waals surface area contributed by atoms with Gasteiger partial charge >= 0.3 is 5.69 Å². The molecule has 6 nitrogen and oxygen atoms in total. The van der Waals surface area contributed by atoms with Gasteiger partial charge in [-0.15, -0.1) is 0 Å². The number of methoxy groups -OCH3 is 1. The van der Waals surface area contributed by atoms with E-state index in [9.17, 15) is 15.2 Å². The van der Waals surface area contributed by atoms with Gasteiger partial charge in [-0.3, -0.25) is 10.1 Å². The largest absolute Gasteiger partial charge is 0.490 e. The van der Waals surface area contributed by atoms with E-state index >= 15 is 0 Å². The first-order valence-electron chi connectivity index (χ1n) is 4.75. The van der Waals surface area contributed by atoms with Crippen LogP contribution < -0.4 is 10.1 Å². The highest BCUT2D eigenvalue weighted by molar-refractivity contribution is 5.49. The Morgan fingerprint density at radius 2 is 2.31 bits per heavy atom. The molecule has 1 rings (SSSR count). The van der Waals surface area contributed by atoms with Gasteiger partial charge in [0, 0.05) is 12.6 Å². The fourth-order valence-electron chi connectivity index (χ4n) is 1.37. The van der Waals surface area contributed by atoms with Gasteiger partial charge in [0.05, 0.1) is 18.1 Å². The third kappa shape index (κ3) is 2.68. The molecule has 2 N–H and O–H groups in total. The maximum atomic E-state index is 10.7. The van der Waals surface area contributed by atoms with Gasteiger partial charge in [-0.1, -0.05) is 6.07 Å². The number of benzene rings is 1. The summed E-state index contributed by atoms with van der Waals surface area (Å²) in [6, 6.07) is 4.40. The average Bonchev–Trinajstić information content (AvgIpc) is 2.28. The predicted molar refractivity (Wildman–Crippen MR) is 58.5 cm³/mol. The smallest absolute Gasteiger partial charge is 0.311 e. The molecule has 1 atom stereocenters. The highest BCUT2D eigenvalue weighted by Gasteiger charge is 2.17. The van der Waals surface area contributed by atoms with Crippen molar-refractivity contribution in [1.82, 2.24) is 5.32 Å². The summed E-state index contributed by atoms with van der Waals surface area (Å²) in [6.45, 7) is 0.337. The van der Waals surface area contributed by atoms with Crippen LogP contribution in [0.1, 0.15) is 11.7 Å². The minimum Gasteiger partial charge on any atom is -0.490 e. The highest BCUT2D eigenvalue weighted by Crippen LogP contribution is 2.29. The van der Waals surface area contributed by atoms with Crippen LogP contribution in [0.2, 0.25) is 0 Å². The number of ether oxygens (including phenoxy) is 1. The molecule has 0 aliphatic heterocycles. The van der Waals surface area contributed by atoms with Crippen molar-refractivity contribution < 1.29 is 14.8 Å². The first-order chi connectivity index (χ1) is 7.60. The maximum absolute atomic E-state index is 10.7. The summed E-state index contributed by atoms with van der Waals surface area (Å²) < 4.78 is 4.86. The fourth-order valence-corrected chi connectivity index (χ4v) is 1.37. The Hall–Kier alpha value is -1.66. The van der Waals surface area contributed by atoms with E-state index in [2.05, 4.69) is 5.32 Å². The van der Waals surface area contributed by atoms with E-state index in [0.717, 1.165) is 0 Å². The van der Waals surface area contributed by atoms with E-state index in [0.29, 0.717) is 12.1 Å². The Balaban J connectivity index is 3.06. The van der Waals surface area contributed by atoms with Crippen LogP contribution >= 0.6 is 0 Å². The van der Waals surface area contributed by atoms with Gasteiger partial charge in [0.2, 0.25) is 0 Å². The zero-order valence-corrected chi connectivity index (χ0v) is 9.14. The van der Waals surface area contributed by atoms with Crippen LogP contribution in [-0.4, -0.2) is 30.7 Å². The van der Waals surface area contributed by atoms with Gasteiger partial charge in [-0.05, 0) is 18.7 Å². The first-order valence-corrected chi connectivity index (χ1v) is 4.75. The third-order valence-corrected chi connectivity index (χ3v) is 2.18. The van der Waals surface area contributed by atoms with Gasteiger partial charge in [0.1, 0.15) is 0 Å². The SMILES string of the molecule is CNCC(O)c1ccc(OC)c([N+](=O)[O-])c1. The molecule has 1 aromatic carbocycles. The summed E-state index contributed by atoms with van der Waals surface area (Å²) in [6.07, 6.45) is -0.769. The van der Waals surface area contributed by atoms with Crippen molar-refractivity contribution >= 4 is 5.69 Å². The molecule has 0 aliphatic rings. The van der Waals surface area contributed by atoms with Crippen LogP contribution in [0.4, 0.5) is 5.69 Å². The molecule has 1 aromatic rings. The fraction of sp³-hybridized carbons (Fsp3) is 0.400. The first kappa shape index (κ1) is 12.4. The molecule has 0 fully saturated rings. The average molecular weight is 226 g/mol. The number of aliphatic hydroxyl groups is 1. The summed E-state index contributed by atoms with van der Waals surface area (Å²) in [7, 11) is 3.06. The Kier molecular flexibility index (Phi) is 4.21. The van der Waals surface area contributed by atoms with Crippen LogP contribution in [0.3, 0.4) is 0 Å². The molecule has 0 radical (unpaired) electrons. The van der Waals surface area contributed by atoms with Crippen LogP contribution in [0.25, 0.3) is 0 Å². The Bertz CT molecular complexity index is 381. The van der Waals surface area contributed by atoms with Gasteiger partial charge in [-0.25, -0.2) is 0 Å². The summed E-state index contributed by atoms with van der Waals surface area (Å²) >= 11 is 0. The number of hydrogen-bond acceptors (Lipinski definition) is 5. The van der Waals surface area contributed by atoms with E-state index in [4.69, 9.17) is 4.74 Å². The van der Waals surface area contributed by atoms with E-state index in [1.54, 1.807) is 13.1 Å². The molecule has 0 spiro atoms. The normalized spacial score (nSPS) is 12.2. The minimum atomic E-state index is -0.769. The van der Waals surface area contributed by atoms with Crippen molar-refractivity contribution in [2.24, 2.45) is 0 Å². The summed E-state index contributed by atoms with van der Waals surface area (Å²) in [5.74, 6) is 0.186. The lowest BCUT2D eigenvalue weighted by molar-refractivity contribution is -0.385. The second-order valence-electron chi connectivity index (χ2n) is 3.26. The molecule has 0 aromatic heterocycles. The number of nitro benzene ring substituents is 1. The molecule has 0 saturated heterocycles. The van der Waals surface area contributed by atoms with Gasteiger partial charge in [-0.2, -0.15) is 0 Å². The van der Waals surface area contributed by atoms with Crippen LogP contribution in [0.5, 0.6) is 5.75 Å². The lowest BCUT2D eigenvalue weighted by Crippen LogP contribution is -2.16. The zero-order valence-electron chi connectivity index (χ0n) is 9.14. The molecule has 0 bridgehead atoms. The molecular weight excluding hydrogens is 212 g/mol. The monoisotopic (exact) mass is 226 g/mol. The molecule has 0 aliphatic carbocycles. The zero-order chi connectivity index (χ0) is 12.1. The molecule has 0 heterocycles. The molecule has 16 heavy (non-hydrogen) atoms. The van der Waals surface area contributed by atoms with Gasteiger partial charge < -0.3 is 15.2 Å². The van der Waals surface area contributed by atoms with Crippen molar-refractivity contribution in [2.75, 3.05) is 20.7 Å². The van der Waals surface area contributed by atoms with Crippen LogP contribution in [-0.2, 0) is 0 Å². The van der Waals surface area contributed by atoms with Crippen molar-refractivity contribution in [3.63, 3.8) is 0 Å². The number of nitrogens with one attached hydrogen (secondary N) is 1. The maximum Gasteiger partial charge on any atom is 0.311 e. The quantitative estimate of drug-likeness (QED) is 0.574. The topological polar surface area (TPSA) is 84.6 Å². The summed E-state index contributed by atoms with van der Waals surface area (Å²) in [5, 5.41) is 23.2. The second-order valence-corrected chi connectivity index (χ2v) is 3.26. The number of likely N-dealkylation sites (N-methyl/N-ethyl adjacent to an activating group) is 1. The number of hydrogen-bond donors (Lipinski definition) is 2. The van der Waals surface area contributed by atoms with Crippen LogP contribution in [0, 0.1) is 10.1 Å². The van der Waals surface area contributed by atoms with E-state index in [1.165, 1.54) is 19.2 Å². The minimum absolute atomic E-state index is 0.143. The Labute approximate surface area is 93.0 Å². The Morgan fingerprint density at radius 3 is 2.81 bits per heavy atom. The highest BCUT2D eigenvalue weighted by atomic mass is 16.6. The van der Waals surface area contributed by atoms with Gasteiger partial charge in [0.15, 0.2) is 5.75 Å². The lowest BCUT2D eigenvalue weighted by atomic mass is 10.1. The van der Waals surface area contributed by atoms with Gasteiger partial charge in [0.25, 0.3) is 0 Å². The lowest BCUT2D eigenvalue weighted by Gasteiger charge is -2.10. The summed E-state index contributed by atoms with van der Waals surface area (Å²) in [5.41, 5.74) is 0.344. The summed E-state index contributed by atoms with van der Waals surface area (Å²) in [4.78, 5) is 10.2. The van der Waals surface area contributed by atoms with Crippen LogP contribution in [0.15, 0.2) is 18.2 Å². The number of aliphatic hydroxyl groups excluding tert-OH is 1. The van der Waals surface area contributed by atoms with E-state index < -0.39 is 11.0 Å².